The van der Waals surface area contributed by atoms with Gasteiger partial charge in [-0.3, -0.25) is 4.79 Å². The van der Waals surface area contributed by atoms with E-state index in [-0.39, 0.29) is 5.92 Å². The van der Waals surface area contributed by atoms with Crippen molar-refractivity contribution in [3.8, 4) is 5.75 Å². The molecule has 4 nitrogen and oxygen atoms in total. The van der Waals surface area contributed by atoms with Crippen LogP contribution in [-0.2, 0) is 11.3 Å². The van der Waals surface area contributed by atoms with Crippen molar-refractivity contribution in [2.24, 2.45) is 11.3 Å². The van der Waals surface area contributed by atoms with Crippen LogP contribution in [0.2, 0.25) is 0 Å². The first-order valence-corrected chi connectivity index (χ1v) is 8.15. The van der Waals surface area contributed by atoms with Gasteiger partial charge in [0.1, 0.15) is 5.75 Å². The van der Waals surface area contributed by atoms with Gasteiger partial charge in [-0.2, -0.15) is 0 Å². The van der Waals surface area contributed by atoms with E-state index in [0.29, 0.717) is 17.9 Å². The molecule has 0 bridgehead atoms. The normalized spacial score (nSPS) is 22.4. The molecule has 1 atom stereocenters. The Bertz CT molecular complexity index is 564. The Kier molecular flexibility index (Phi) is 4.13. The summed E-state index contributed by atoms with van der Waals surface area (Å²) in [6.45, 7) is 4.83. The number of nitrogens with zero attached hydrogens (tertiary/aromatic N) is 1. The Morgan fingerprint density at radius 1 is 1.41 bits per heavy atom. The number of amides is 1. The Morgan fingerprint density at radius 3 is 2.77 bits per heavy atom. The molecule has 2 fully saturated rings. The second-order valence-electron chi connectivity index (χ2n) is 6.87. The summed E-state index contributed by atoms with van der Waals surface area (Å²) in [5, 5.41) is 3.39. The zero-order valence-corrected chi connectivity index (χ0v) is 13.8. The van der Waals surface area contributed by atoms with Crippen LogP contribution in [-0.4, -0.2) is 38.1 Å². The van der Waals surface area contributed by atoms with E-state index in [9.17, 15) is 4.79 Å². The fourth-order valence-electron chi connectivity index (χ4n) is 3.83. The van der Waals surface area contributed by atoms with Crippen molar-refractivity contribution >= 4 is 5.91 Å². The predicted molar refractivity (Wildman–Crippen MR) is 86.8 cm³/mol. The molecule has 1 aromatic carbocycles. The average molecular weight is 302 g/mol. The van der Waals surface area contributed by atoms with Gasteiger partial charge in [0.2, 0.25) is 5.91 Å². The van der Waals surface area contributed by atoms with Gasteiger partial charge in [-0.15, -0.1) is 0 Å². The first kappa shape index (κ1) is 15.3. The van der Waals surface area contributed by atoms with E-state index in [4.69, 9.17) is 4.74 Å². The minimum atomic E-state index is 0.249. The summed E-state index contributed by atoms with van der Waals surface area (Å²) in [5.41, 5.74) is 2.59. The van der Waals surface area contributed by atoms with Crippen LogP contribution in [0.3, 0.4) is 0 Å². The second kappa shape index (κ2) is 5.92. The lowest BCUT2D eigenvalue weighted by atomic mass is 9.91. The molecule has 1 saturated carbocycles. The monoisotopic (exact) mass is 302 g/mol. The number of rotatable bonds is 4. The summed E-state index contributed by atoms with van der Waals surface area (Å²) in [7, 11) is 3.61. The third kappa shape index (κ3) is 2.84. The maximum atomic E-state index is 12.7. The number of hydrogen-bond acceptors (Lipinski definition) is 3. The maximum Gasteiger partial charge on any atom is 0.226 e. The molecule has 120 valence electrons. The molecule has 22 heavy (non-hydrogen) atoms. The van der Waals surface area contributed by atoms with Crippen molar-refractivity contribution in [3.05, 3.63) is 29.3 Å². The van der Waals surface area contributed by atoms with Crippen molar-refractivity contribution in [3.63, 3.8) is 0 Å². The van der Waals surface area contributed by atoms with Gasteiger partial charge in [-0.1, -0.05) is 12.1 Å². The van der Waals surface area contributed by atoms with E-state index in [2.05, 4.69) is 11.4 Å². The highest BCUT2D eigenvalue weighted by Crippen LogP contribution is 2.59. The van der Waals surface area contributed by atoms with Gasteiger partial charge in [-0.05, 0) is 61.9 Å². The predicted octanol–water partition coefficient (Wildman–Crippen LogP) is 2.35. The van der Waals surface area contributed by atoms with Crippen LogP contribution in [0, 0.1) is 18.3 Å². The molecule has 1 unspecified atom stereocenters. The Balaban J connectivity index is 1.61. The van der Waals surface area contributed by atoms with Crippen LogP contribution >= 0.6 is 0 Å². The zero-order chi connectivity index (χ0) is 15.7. The van der Waals surface area contributed by atoms with Gasteiger partial charge in [0.25, 0.3) is 0 Å². The van der Waals surface area contributed by atoms with Gasteiger partial charge >= 0.3 is 0 Å². The quantitative estimate of drug-likeness (QED) is 0.928. The van der Waals surface area contributed by atoms with Gasteiger partial charge < -0.3 is 15.0 Å². The fourth-order valence-corrected chi connectivity index (χ4v) is 3.83. The molecular weight excluding hydrogens is 276 g/mol. The Morgan fingerprint density at radius 2 is 2.14 bits per heavy atom. The summed E-state index contributed by atoms with van der Waals surface area (Å²) in [6, 6.07) is 6.13. The molecule has 1 spiro atoms. The molecule has 2 aliphatic rings. The van der Waals surface area contributed by atoms with Crippen LogP contribution in [0.15, 0.2) is 18.2 Å². The SMILES string of the molecule is COc1ccc(CN(C)C(=O)C2CC23CCNCC3)cc1C. The maximum absolute atomic E-state index is 12.7. The van der Waals surface area contributed by atoms with Gasteiger partial charge in [0.15, 0.2) is 0 Å². The highest BCUT2D eigenvalue weighted by atomic mass is 16.5. The number of aryl methyl sites for hydroxylation is 1. The lowest BCUT2D eigenvalue weighted by Gasteiger charge is -2.25. The zero-order valence-electron chi connectivity index (χ0n) is 13.8. The topological polar surface area (TPSA) is 41.6 Å². The van der Waals surface area contributed by atoms with E-state index >= 15 is 0 Å². The van der Waals surface area contributed by atoms with Crippen LogP contribution in [0.25, 0.3) is 0 Å². The Labute approximate surface area is 132 Å². The second-order valence-corrected chi connectivity index (χ2v) is 6.87. The fraction of sp³-hybridized carbons (Fsp3) is 0.611. The summed E-state index contributed by atoms with van der Waals surface area (Å²) >= 11 is 0. The van der Waals surface area contributed by atoms with Gasteiger partial charge in [0, 0.05) is 19.5 Å². The lowest BCUT2D eigenvalue weighted by molar-refractivity contribution is -0.132. The molecular formula is C18H26N2O2. The first-order valence-electron chi connectivity index (χ1n) is 8.15. The third-order valence-corrected chi connectivity index (χ3v) is 5.34. The van der Waals surface area contributed by atoms with Crippen molar-refractivity contribution in [2.75, 3.05) is 27.2 Å². The summed E-state index contributed by atoms with van der Waals surface area (Å²) in [5.74, 6) is 1.46. The van der Waals surface area contributed by atoms with E-state index in [0.717, 1.165) is 49.2 Å². The molecule has 0 aromatic heterocycles. The molecule has 1 aliphatic heterocycles. The number of hydrogen-bond donors (Lipinski definition) is 1. The highest BCUT2D eigenvalue weighted by molar-refractivity contribution is 5.82. The van der Waals surface area contributed by atoms with E-state index in [1.807, 2.05) is 31.0 Å². The molecule has 1 heterocycles. The van der Waals surface area contributed by atoms with Crippen LogP contribution in [0.5, 0.6) is 5.75 Å². The van der Waals surface area contributed by atoms with Gasteiger partial charge in [0.05, 0.1) is 7.11 Å². The minimum Gasteiger partial charge on any atom is -0.496 e. The number of ether oxygens (including phenoxy) is 1. The van der Waals surface area contributed by atoms with E-state index in [1.165, 1.54) is 0 Å². The number of benzene rings is 1. The molecule has 1 saturated heterocycles. The van der Waals surface area contributed by atoms with Crippen LogP contribution < -0.4 is 10.1 Å². The summed E-state index contributed by atoms with van der Waals surface area (Å²) in [4.78, 5) is 14.6. The lowest BCUT2D eigenvalue weighted by Crippen LogP contribution is -2.34. The highest BCUT2D eigenvalue weighted by Gasteiger charge is 2.58. The van der Waals surface area contributed by atoms with Crippen molar-refractivity contribution in [2.45, 2.75) is 32.7 Å². The first-order chi connectivity index (χ1) is 10.6. The molecule has 1 aromatic rings. The number of piperidine rings is 1. The standard InChI is InChI=1S/C18H26N2O2/c1-13-10-14(4-5-16(13)22-3)12-20(2)17(21)15-11-18(15)6-8-19-9-7-18/h4-5,10,15,19H,6-9,11-12H2,1-3H3. The smallest absolute Gasteiger partial charge is 0.226 e. The molecule has 4 heteroatoms. The van der Waals surface area contributed by atoms with E-state index < -0.39 is 0 Å². The van der Waals surface area contributed by atoms with Crippen LogP contribution in [0.4, 0.5) is 0 Å². The number of methoxy groups -OCH3 is 1. The molecule has 1 aliphatic carbocycles. The Hall–Kier alpha value is -1.55. The van der Waals surface area contributed by atoms with Crippen LogP contribution in [0.1, 0.15) is 30.4 Å². The molecule has 1 amide bonds. The van der Waals surface area contributed by atoms with Crippen molar-refractivity contribution in [1.82, 2.24) is 10.2 Å². The average Bonchev–Trinajstić information content (AvgIpc) is 3.20. The molecule has 3 rings (SSSR count). The third-order valence-electron chi connectivity index (χ3n) is 5.34. The molecule has 0 radical (unpaired) electrons. The van der Waals surface area contributed by atoms with Crippen molar-refractivity contribution in [1.29, 1.82) is 0 Å². The number of carbonyl (C=O) groups excluding carboxylic acids is 1. The minimum absolute atomic E-state index is 0.249. The number of carbonyl (C=O) groups is 1. The van der Waals surface area contributed by atoms with E-state index in [1.54, 1.807) is 7.11 Å². The van der Waals surface area contributed by atoms with Crippen molar-refractivity contribution < 1.29 is 9.53 Å². The molecule has 1 N–H and O–H groups in total. The summed E-state index contributed by atoms with van der Waals surface area (Å²) < 4.78 is 5.29. The largest absolute Gasteiger partial charge is 0.496 e. The van der Waals surface area contributed by atoms with Gasteiger partial charge in [-0.25, -0.2) is 0 Å². The summed E-state index contributed by atoms with van der Waals surface area (Å²) in [6.07, 6.45) is 3.39. The number of nitrogens with one attached hydrogen (secondary N) is 1.